The fourth-order valence-corrected chi connectivity index (χ4v) is 1.11. The fourth-order valence-electron chi connectivity index (χ4n) is 1.11. The maximum absolute atomic E-state index is 11.3. The Bertz CT molecular complexity index is 400. The average Bonchev–Trinajstić information content (AvgIpc) is 2.08. The van der Waals surface area contributed by atoms with Crippen molar-refractivity contribution in [3.8, 4) is 0 Å². The van der Waals surface area contributed by atoms with E-state index in [1.165, 1.54) is 11.6 Å². The van der Waals surface area contributed by atoms with Gasteiger partial charge in [0.15, 0.2) is 0 Å². The molecule has 1 rings (SSSR count). The smallest absolute Gasteiger partial charge is 0.300 e. The van der Waals surface area contributed by atoms with Crippen molar-refractivity contribution in [2.24, 2.45) is 7.05 Å². The summed E-state index contributed by atoms with van der Waals surface area (Å²) in [4.78, 5) is 22.5. The summed E-state index contributed by atoms with van der Waals surface area (Å²) < 4.78 is 2.63. The SMILES string of the molecule is CCn1cc(C)c(=O)n(C)c1=O. The maximum atomic E-state index is 11.3. The minimum absolute atomic E-state index is 0.218. The van der Waals surface area contributed by atoms with Crippen LogP contribution in [0.25, 0.3) is 0 Å². The standard InChI is InChI=1S/C8H12N2O2/c1-4-10-5-6(2)7(11)9(3)8(10)12/h5H,4H2,1-3H3. The molecule has 66 valence electrons. The average molecular weight is 168 g/mol. The van der Waals surface area contributed by atoms with Gasteiger partial charge in [0, 0.05) is 25.4 Å². The molecule has 0 bridgehead atoms. The van der Waals surface area contributed by atoms with Gasteiger partial charge in [0.25, 0.3) is 5.56 Å². The minimum atomic E-state index is -0.256. The van der Waals surface area contributed by atoms with Crippen LogP contribution in [0, 0.1) is 6.92 Å². The Hall–Kier alpha value is -1.32. The quantitative estimate of drug-likeness (QED) is 0.586. The third-order valence-corrected chi connectivity index (χ3v) is 1.86. The molecule has 0 aromatic carbocycles. The van der Waals surface area contributed by atoms with Gasteiger partial charge in [0.05, 0.1) is 0 Å². The molecule has 0 fully saturated rings. The van der Waals surface area contributed by atoms with Crippen molar-refractivity contribution in [3.63, 3.8) is 0 Å². The van der Waals surface area contributed by atoms with Crippen LogP contribution >= 0.6 is 0 Å². The zero-order valence-corrected chi connectivity index (χ0v) is 7.50. The van der Waals surface area contributed by atoms with Crippen molar-refractivity contribution in [1.29, 1.82) is 0 Å². The second-order valence-corrected chi connectivity index (χ2v) is 2.74. The molecule has 1 aromatic heterocycles. The molecule has 0 spiro atoms. The van der Waals surface area contributed by atoms with Gasteiger partial charge in [-0.15, -0.1) is 0 Å². The summed E-state index contributed by atoms with van der Waals surface area (Å²) in [6.07, 6.45) is 1.59. The number of rotatable bonds is 1. The topological polar surface area (TPSA) is 44.0 Å². The van der Waals surface area contributed by atoms with Gasteiger partial charge >= 0.3 is 5.69 Å². The molecule has 0 aliphatic carbocycles. The van der Waals surface area contributed by atoms with Gasteiger partial charge in [0.2, 0.25) is 0 Å². The third-order valence-electron chi connectivity index (χ3n) is 1.86. The molecule has 4 nitrogen and oxygen atoms in total. The van der Waals surface area contributed by atoms with Crippen LogP contribution in [0.4, 0.5) is 0 Å². The highest BCUT2D eigenvalue weighted by Gasteiger charge is 2.02. The Morgan fingerprint density at radius 1 is 1.42 bits per heavy atom. The normalized spacial score (nSPS) is 10.2. The summed E-state index contributed by atoms with van der Waals surface area (Å²) in [6, 6.07) is 0. The first-order valence-electron chi connectivity index (χ1n) is 3.85. The van der Waals surface area contributed by atoms with Crippen LogP contribution in [0.2, 0.25) is 0 Å². The van der Waals surface area contributed by atoms with Gasteiger partial charge in [0.1, 0.15) is 0 Å². The first-order chi connectivity index (χ1) is 5.57. The lowest BCUT2D eigenvalue weighted by molar-refractivity contribution is 0.622. The van der Waals surface area contributed by atoms with Crippen molar-refractivity contribution in [1.82, 2.24) is 9.13 Å². The highest BCUT2D eigenvalue weighted by atomic mass is 16.2. The number of hydrogen-bond donors (Lipinski definition) is 0. The number of hydrogen-bond acceptors (Lipinski definition) is 2. The van der Waals surface area contributed by atoms with Crippen LogP contribution in [-0.2, 0) is 13.6 Å². The summed E-state index contributed by atoms with van der Waals surface area (Å²) in [6.45, 7) is 4.16. The maximum Gasteiger partial charge on any atom is 0.330 e. The predicted octanol–water partition coefficient (Wildman–Crippen LogP) is -0.125. The van der Waals surface area contributed by atoms with Crippen LogP contribution < -0.4 is 11.2 Å². The molecule has 12 heavy (non-hydrogen) atoms. The summed E-state index contributed by atoms with van der Waals surface area (Å²) in [7, 11) is 1.49. The lowest BCUT2D eigenvalue weighted by Gasteiger charge is -2.04. The highest BCUT2D eigenvalue weighted by Crippen LogP contribution is 1.84. The molecule has 0 N–H and O–H groups in total. The lowest BCUT2D eigenvalue weighted by atomic mass is 10.4. The number of nitrogens with zero attached hydrogens (tertiary/aromatic N) is 2. The molecule has 1 aromatic rings. The zero-order valence-electron chi connectivity index (χ0n) is 7.50. The van der Waals surface area contributed by atoms with Crippen molar-refractivity contribution >= 4 is 0 Å². The molecule has 1 heterocycles. The Morgan fingerprint density at radius 2 is 2.00 bits per heavy atom. The zero-order chi connectivity index (χ0) is 9.30. The second kappa shape index (κ2) is 2.97. The van der Waals surface area contributed by atoms with Crippen LogP contribution in [0.15, 0.2) is 15.8 Å². The predicted molar refractivity (Wildman–Crippen MR) is 46.4 cm³/mol. The minimum Gasteiger partial charge on any atom is -0.300 e. The molecule has 0 aliphatic heterocycles. The van der Waals surface area contributed by atoms with Crippen LogP contribution in [0.1, 0.15) is 12.5 Å². The summed E-state index contributed by atoms with van der Waals surface area (Å²) in [5.41, 5.74) is 0.122. The molecule has 0 saturated heterocycles. The largest absolute Gasteiger partial charge is 0.330 e. The van der Waals surface area contributed by atoms with Crippen LogP contribution in [-0.4, -0.2) is 9.13 Å². The molecular weight excluding hydrogens is 156 g/mol. The van der Waals surface area contributed by atoms with Crippen molar-refractivity contribution in [2.75, 3.05) is 0 Å². The second-order valence-electron chi connectivity index (χ2n) is 2.74. The molecule has 0 saturated carbocycles. The van der Waals surface area contributed by atoms with Gasteiger partial charge in [-0.2, -0.15) is 0 Å². The summed E-state index contributed by atoms with van der Waals surface area (Å²) in [5, 5.41) is 0. The van der Waals surface area contributed by atoms with E-state index in [4.69, 9.17) is 0 Å². The van der Waals surface area contributed by atoms with Crippen LogP contribution in [0.3, 0.4) is 0 Å². The van der Waals surface area contributed by atoms with E-state index in [9.17, 15) is 9.59 Å². The van der Waals surface area contributed by atoms with E-state index in [-0.39, 0.29) is 11.2 Å². The molecule has 0 aliphatic rings. The molecule has 0 atom stereocenters. The first kappa shape index (κ1) is 8.77. The Kier molecular flexibility index (Phi) is 2.17. The summed E-state index contributed by atoms with van der Waals surface area (Å²) >= 11 is 0. The van der Waals surface area contributed by atoms with Crippen molar-refractivity contribution in [3.05, 3.63) is 32.6 Å². The van der Waals surface area contributed by atoms with E-state index in [1.807, 2.05) is 6.92 Å². The molecule has 0 radical (unpaired) electrons. The van der Waals surface area contributed by atoms with E-state index < -0.39 is 0 Å². The van der Waals surface area contributed by atoms with Gasteiger partial charge in [-0.1, -0.05) is 0 Å². The van der Waals surface area contributed by atoms with E-state index in [0.29, 0.717) is 12.1 Å². The third kappa shape index (κ3) is 1.20. The van der Waals surface area contributed by atoms with Crippen LogP contribution in [0.5, 0.6) is 0 Å². The van der Waals surface area contributed by atoms with Crippen molar-refractivity contribution in [2.45, 2.75) is 20.4 Å². The van der Waals surface area contributed by atoms with Gasteiger partial charge < -0.3 is 4.57 Å². The van der Waals surface area contributed by atoms with E-state index in [0.717, 1.165) is 4.57 Å². The number of aryl methyl sites for hydroxylation is 2. The Morgan fingerprint density at radius 3 is 2.50 bits per heavy atom. The Balaban J connectivity index is 3.61. The molecule has 0 amide bonds. The molecular formula is C8H12N2O2. The molecule has 0 unspecified atom stereocenters. The van der Waals surface area contributed by atoms with Gasteiger partial charge in [-0.05, 0) is 13.8 Å². The van der Waals surface area contributed by atoms with E-state index in [2.05, 4.69) is 0 Å². The first-order valence-corrected chi connectivity index (χ1v) is 3.85. The van der Waals surface area contributed by atoms with E-state index >= 15 is 0 Å². The van der Waals surface area contributed by atoms with Crippen molar-refractivity contribution < 1.29 is 0 Å². The fraction of sp³-hybridized carbons (Fsp3) is 0.500. The number of aromatic nitrogens is 2. The van der Waals surface area contributed by atoms with Gasteiger partial charge in [-0.25, -0.2) is 4.79 Å². The highest BCUT2D eigenvalue weighted by molar-refractivity contribution is 5.01. The lowest BCUT2D eigenvalue weighted by Crippen LogP contribution is -2.38. The monoisotopic (exact) mass is 168 g/mol. The Labute approximate surface area is 70.1 Å². The van der Waals surface area contributed by atoms with E-state index in [1.54, 1.807) is 13.1 Å². The summed E-state index contributed by atoms with van der Waals surface area (Å²) in [5.74, 6) is 0. The molecule has 4 heteroatoms. The van der Waals surface area contributed by atoms with Gasteiger partial charge in [-0.3, -0.25) is 9.36 Å².